The van der Waals surface area contributed by atoms with Gasteiger partial charge < -0.3 is 4.74 Å². The van der Waals surface area contributed by atoms with E-state index in [9.17, 15) is 20.2 Å². The van der Waals surface area contributed by atoms with Crippen molar-refractivity contribution in [1.29, 1.82) is 0 Å². The molecule has 0 aliphatic rings. The highest BCUT2D eigenvalue weighted by atomic mass is 16.6. The molecule has 0 radical (unpaired) electrons. The van der Waals surface area contributed by atoms with Gasteiger partial charge in [-0.3, -0.25) is 20.2 Å². The van der Waals surface area contributed by atoms with Crippen LogP contribution in [0.4, 0.5) is 5.69 Å². The number of nitro groups is 2. The molecule has 0 fully saturated rings. The van der Waals surface area contributed by atoms with Crippen LogP contribution in [0.15, 0.2) is 24.3 Å². The standard InChI is InChI=1S/C9H10N2O5/c1-7(10(12)13)6-16-9-4-2-8(3-5-9)11(14)15/h2-5,7H,6H2,1H3. The van der Waals surface area contributed by atoms with Crippen molar-refractivity contribution in [3.05, 3.63) is 44.5 Å². The molecule has 86 valence electrons. The van der Waals surface area contributed by atoms with Gasteiger partial charge in [-0.2, -0.15) is 0 Å². The molecule has 0 aliphatic heterocycles. The van der Waals surface area contributed by atoms with Crippen molar-refractivity contribution in [2.45, 2.75) is 13.0 Å². The zero-order valence-electron chi connectivity index (χ0n) is 8.53. The van der Waals surface area contributed by atoms with Gasteiger partial charge in [0.2, 0.25) is 6.04 Å². The Balaban J connectivity index is 2.56. The summed E-state index contributed by atoms with van der Waals surface area (Å²) in [5.41, 5.74) is -0.0466. The van der Waals surface area contributed by atoms with E-state index < -0.39 is 15.9 Å². The predicted octanol–water partition coefficient (Wildman–Crippen LogP) is 1.64. The quantitative estimate of drug-likeness (QED) is 0.561. The van der Waals surface area contributed by atoms with Gasteiger partial charge in [0, 0.05) is 24.0 Å². The first-order valence-electron chi connectivity index (χ1n) is 4.51. The highest BCUT2D eigenvalue weighted by molar-refractivity contribution is 5.35. The highest BCUT2D eigenvalue weighted by Gasteiger charge is 2.13. The lowest BCUT2D eigenvalue weighted by molar-refractivity contribution is -0.520. The molecule has 1 rings (SSSR count). The Kier molecular flexibility index (Phi) is 3.76. The molecule has 0 spiro atoms. The molecule has 0 saturated heterocycles. The molecule has 1 unspecified atom stereocenters. The zero-order valence-corrected chi connectivity index (χ0v) is 8.53. The Morgan fingerprint density at radius 2 is 1.81 bits per heavy atom. The first-order valence-corrected chi connectivity index (χ1v) is 4.51. The number of nitro benzene ring substituents is 1. The summed E-state index contributed by atoms with van der Waals surface area (Å²) >= 11 is 0. The molecule has 1 aromatic rings. The number of ether oxygens (including phenoxy) is 1. The monoisotopic (exact) mass is 226 g/mol. The van der Waals surface area contributed by atoms with Gasteiger partial charge in [0.1, 0.15) is 5.75 Å². The Bertz CT molecular complexity index is 389. The van der Waals surface area contributed by atoms with E-state index in [-0.39, 0.29) is 12.3 Å². The van der Waals surface area contributed by atoms with Crippen LogP contribution in [0.5, 0.6) is 5.75 Å². The normalized spacial score (nSPS) is 11.8. The van der Waals surface area contributed by atoms with Crippen molar-refractivity contribution in [2.75, 3.05) is 6.61 Å². The Hall–Kier alpha value is -2.18. The average molecular weight is 226 g/mol. The number of hydrogen-bond donors (Lipinski definition) is 0. The van der Waals surface area contributed by atoms with Crippen LogP contribution in [0.25, 0.3) is 0 Å². The van der Waals surface area contributed by atoms with Crippen LogP contribution in [-0.2, 0) is 0 Å². The van der Waals surface area contributed by atoms with Gasteiger partial charge in [-0.25, -0.2) is 0 Å². The smallest absolute Gasteiger partial charge is 0.269 e. The lowest BCUT2D eigenvalue weighted by Gasteiger charge is -2.06. The Morgan fingerprint density at radius 1 is 1.25 bits per heavy atom. The molecular formula is C9H10N2O5. The molecule has 0 aromatic heterocycles. The van der Waals surface area contributed by atoms with Crippen LogP contribution in [0.1, 0.15) is 6.92 Å². The largest absolute Gasteiger partial charge is 0.486 e. The Morgan fingerprint density at radius 3 is 2.25 bits per heavy atom. The van der Waals surface area contributed by atoms with Crippen LogP contribution in [0.3, 0.4) is 0 Å². The van der Waals surface area contributed by atoms with Gasteiger partial charge in [-0.1, -0.05) is 0 Å². The molecule has 0 aliphatic carbocycles. The van der Waals surface area contributed by atoms with E-state index in [1.165, 1.54) is 31.2 Å². The molecule has 0 N–H and O–H groups in total. The third-order valence-electron chi connectivity index (χ3n) is 1.90. The molecule has 0 saturated carbocycles. The SMILES string of the molecule is CC(COc1ccc([N+](=O)[O-])cc1)[N+](=O)[O-]. The molecule has 7 heteroatoms. The van der Waals surface area contributed by atoms with E-state index in [1.54, 1.807) is 0 Å². The number of benzene rings is 1. The minimum Gasteiger partial charge on any atom is -0.486 e. The van der Waals surface area contributed by atoms with Crippen molar-refractivity contribution >= 4 is 5.69 Å². The summed E-state index contributed by atoms with van der Waals surface area (Å²) < 4.78 is 5.10. The minimum atomic E-state index is -0.810. The summed E-state index contributed by atoms with van der Waals surface area (Å²) in [6.07, 6.45) is 0. The van der Waals surface area contributed by atoms with Gasteiger partial charge in [0.15, 0.2) is 6.61 Å². The van der Waals surface area contributed by atoms with E-state index >= 15 is 0 Å². The second-order valence-electron chi connectivity index (χ2n) is 3.20. The molecule has 1 aromatic carbocycles. The predicted molar refractivity (Wildman–Crippen MR) is 55.0 cm³/mol. The molecular weight excluding hydrogens is 216 g/mol. The number of non-ortho nitro benzene ring substituents is 1. The summed E-state index contributed by atoms with van der Waals surface area (Å²) in [7, 11) is 0. The summed E-state index contributed by atoms with van der Waals surface area (Å²) in [5.74, 6) is 0.374. The van der Waals surface area contributed by atoms with Gasteiger partial charge in [0.05, 0.1) is 4.92 Å². The summed E-state index contributed by atoms with van der Waals surface area (Å²) in [4.78, 5) is 19.7. The van der Waals surface area contributed by atoms with Crippen molar-refractivity contribution in [2.24, 2.45) is 0 Å². The average Bonchev–Trinajstić information content (AvgIpc) is 2.26. The number of hydrogen-bond acceptors (Lipinski definition) is 5. The lowest BCUT2D eigenvalue weighted by Crippen LogP contribution is -2.23. The fourth-order valence-electron chi connectivity index (χ4n) is 0.942. The Labute approximate surface area is 90.9 Å². The zero-order chi connectivity index (χ0) is 12.1. The molecule has 1 atom stereocenters. The molecule has 0 bridgehead atoms. The maximum Gasteiger partial charge on any atom is 0.269 e. The summed E-state index contributed by atoms with van der Waals surface area (Å²) in [6, 6.07) is 4.57. The molecule has 16 heavy (non-hydrogen) atoms. The fourth-order valence-corrected chi connectivity index (χ4v) is 0.942. The van der Waals surface area contributed by atoms with Crippen LogP contribution in [0, 0.1) is 20.2 Å². The van der Waals surface area contributed by atoms with Crippen LogP contribution in [-0.4, -0.2) is 22.5 Å². The maximum absolute atomic E-state index is 10.3. The van der Waals surface area contributed by atoms with Crippen molar-refractivity contribution in [1.82, 2.24) is 0 Å². The number of rotatable bonds is 5. The summed E-state index contributed by atoms with van der Waals surface area (Å²) in [5, 5.41) is 20.6. The van der Waals surface area contributed by atoms with Crippen LogP contribution < -0.4 is 4.74 Å². The van der Waals surface area contributed by atoms with Crippen molar-refractivity contribution < 1.29 is 14.6 Å². The number of nitrogens with zero attached hydrogens (tertiary/aromatic N) is 2. The van der Waals surface area contributed by atoms with Crippen LogP contribution in [0.2, 0.25) is 0 Å². The van der Waals surface area contributed by atoms with Crippen LogP contribution >= 0.6 is 0 Å². The van der Waals surface area contributed by atoms with Crippen molar-refractivity contribution in [3.63, 3.8) is 0 Å². The topological polar surface area (TPSA) is 95.5 Å². The maximum atomic E-state index is 10.3. The molecule has 0 amide bonds. The summed E-state index contributed by atoms with van der Waals surface area (Å²) in [6.45, 7) is 1.36. The third-order valence-corrected chi connectivity index (χ3v) is 1.90. The van der Waals surface area contributed by atoms with Gasteiger partial charge in [-0.05, 0) is 12.1 Å². The van der Waals surface area contributed by atoms with Gasteiger partial charge in [-0.15, -0.1) is 0 Å². The molecule has 0 heterocycles. The first-order chi connectivity index (χ1) is 7.50. The second-order valence-corrected chi connectivity index (χ2v) is 3.20. The second kappa shape index (κ2) is 5.06. The van der Waals surface area contributed by atoms with E-state index in [0.717, 1.165) is 0 Å². The highest BCUT2D eigenvalue weighted by Crippen LogP contribution is 2.17. The van der Waals surface area contributed by atoms with E-state index in [1.807, 2.05) is 0 Å². The van der Waals surface area contributed by atoms with Gasteiger partial charge in [0.25, 0.3) is 5.69 Å². The van der Waals surface area contributed by atoms with E-state index in [0.29, 0.717) is 5.75 Å². The minimum absolute atomic E-state index is 0.0466. The lowest BCUT2D eigenvalue weighted by atomic mass is 10.3. The molecule has 7 nitrogen and oxygen atoms in total. The van der Waals surface area contributed by atoms with Crippen molar-refractivity contribution in [3.8, 4) is 5.75 Å². The fraction of sp³-hybridized carbons (Fsp3) is 0.333. The first kappa shape index (κ1) is 11.9. The van der Waals surface area contributed by atoms with E-state index in [4.69, 9.17) is 4.74 Å². The van der Waals surface area contributed by atoms with Gasteiger partial charge >= 0.3 is 0 Å². The third kappa shape index (κ3) is 3.19. The van der Waals surface area contributed by atoms with E-state index in [2.05, 4.69) is 0 Å².